The summed E-state index contributed by atoms with van der Waals surface area (Å²) in [5.41, 5.74) is 4.26. The number of carboxylic acids is 1. The Morgan fingerprint density at radius 3 is 2.32 bits per heavy atom. The van der Waals surface area contributed by atoms with Gasteiger partial charge in [-0.25, -0.2) is 4.98 Å². The van der Waals surface area contributed by atoms with Crippen molar-refractivity contribution in [3.8, 4) is 10.4 Å². The van der Waals surface area contributed by atoms with Gasteiger partial charge in [0.1, 0.15) is 11.8 Å². The van der Waals surface area contributed by atoms with Crippen LogP contribution in [-0.4, -0.2) is 62.4 Å². The Morgan fingerprint density at radius 1 is 1.07 bits per heavy atom. The highest BCUT2D eigenvalue weighted by molar-refractivity contribution is 7.13. The van der Waals surface area contributed by atoms with Crippen LogP contribution in [0.1, 0.15) is 83.4 Å². The van der Waals surface area contributed by atoms with Crippen LogP contribution >= 0.6 is 11.3 Å². The summed E-state index contributed by atoms with van der Waals surface area (Å²) in [5.74, 6) is -2.06. The summed E-state index contributed by atoms with van der Waals surface area (Å²) in [6.45, 7) is 8.05. The lowest BCUT2D eigenvalue weighted by molar-refractivity contribution is -0.146. The topological polar surface area (TPSA) is 137 Å². The van der Waals surface area contributed by atoms with Gasteiger partial charge in [0.25, 0.3) is 0 Å². The van der Waals surface area contributed by atoms with Crippen molar-refractivity contribution in [2.24, 2.45) is 11.3 Å². The number of carbonyl (C=O) groups excluding carboxylic acids is 3. The first-order valence-corrected chi connectivity index (χ1v) is 15.2. The van der Waals surface area contributed by atoms with Crippen LogP contribution in [0, 0.1) is 18.3 Å². The van der Waals surface area contributed by atoms with Gasteiger partial charge >= 0.3 is 5.97 Å². The van der Waals surface area contributed by atoms with Crippen molar-refractivity contribution in [1.82, 2.24) is 15.2 Å². The van der Waals surface area contributed by atoms with Crippen LogP contribution in [0.3, 0.4) is 0 Å². The van der Waals surface area contributed by atoms with E-state index >= 15 is 0 Å². The summed E-state index contributed by atoms with van der Waals surface area (Å²) in [6.07, 6.45) is 2.64. The molecule has 1 aromatic carbocycles. The van der Waals surface area contributed by atoms with Gasteiger partial charge in [0.2, 0.25) is 11.8 Å². The fourth-order valence-corrected chi connectivity index (χ4v) is 6.02. The van der Waals surface area contributed by atoms with Crippen molar-refractivity contribution < 1.29 is 29.4 Å². The predicted octanol–water partition coefficient (Wildman–Crippen LogP) is 4.74. The van der Waals surface area contributed by atoms with Gasteiger partial charge in [0, 0.05) is 44.7 Å². The molecule has 9 nitrogen and oxygen atoms in total. The minimum Gasteiger partial charge on any atom is -0.481 e. The minimum atomic E-state index is -0.817. The Bertz CT molecular complexity index is 1200. The lowest BCUT2D eigenvalue weighted by Crippen LogP contribution is -2.50. The van der Waals surface area contributed by atoms with Crippen LogP contribution in [0.2, 0.25) is 0 Å². The van der Waals surface area contributed by atoms with E-state index in [0.717, 1.165) is 34.5 Å². The number of β-amino-alcohol motifs (C(OH)–C–C–N with tert-alkyl or cyclic N) is 1. The van der Waals surface area contributed by atoms with Crippen molar-refractivity contribution in [3.63, 3.8) is 0 Å². The molecule has 2 aromatic rings. The van der Waals surface area contributed by atoms with E-state index in [-0.39, 0.29) is 43.4 Å². The molecular formula is C31H43N3O6S. The molecule has 1 aliphatic heterocycles. The molecule has 0 saturated carbocycles. The maximum atomic E-state index is 13.7. The summed E-state index contributed by atoms with van der Waals surface area (Å²) in [6, 6.07) is 7.10. The van der Waals surface area contributed by atoms with Crippen molar-refractivity contribution in [3.05, 3.63) is 41.0 Å². The number of nitrogens with zero attached hydrogens (tertiary/aromatic N) is 2. The number of carboxylic acid groups (broad SMARTS) is 1. The molecule has 0 aliphatic carbocycles. The Hall–Kier alpha value is -3.11. The molecule has 2 amide bonds. The van der Waals surface area contributed by atoms with Gasteiger partial charge in [-0.05, 0) is 36.3 Å². The number of aliphatic hydroxyl groups is 1. The number of aliphatic hydroxyl groups excluding tert-OH is 1. The number of amides is 2. The van der Waals surface area contributed by atoms with Crippen molar-refractivity contribution in [1.29, 1.82) is 0 Å². The zero-order valence-electron chi connectivity index (χ0n) is 24.5. The number of rotatable bonds is 14. The van der Waals surface area contributed by atoms with Crippen LogP contribution in [0.25, 0.3) is 10.4 Å². The van der Waals surface area contributed by atoms with E-state index in [1.165, 1.54) is 4.90 Å². The van der Waals surface area contributed by atoms with Crippen LogP contribution in [0.15, 0.2) is 29.8 Å². The highest BCUT2D eigenvalue weighted by Crippen LogP contribution is 2.34. The van der Waals surface area contributed by atoms with Gasteiger partial charge in [0.05, 0.1) is 22.2 Å². The first-order chi connectivity index (χ1) is 19.4. The van der Waals surface area contributed by atoms with Crippen molar-refractivity contribution >= 4 is 34.9 Å². The fraction of sp³-hybridized carbons (Fsp3) is 0.581. The minimum absolute atomic E-state index is 0.0192. The second kappa shape index (κ2) is 14.7. The highest BCUT2D eigenvalue weighted by atomic mass is 32.1. The summed E-state index contributed by atoms with van der Waals surface area (Å²) in [7, 11) is 0. The maximum absolute atomic E-state index is 13.7. The molecule has 1 saturated heterocycles. The van der Waals surface area contributed by atoms with Crippen LogP contribution in [0.5, 0.6) is 0 Å². The number of ketones is 1. The lowest BCUT2D eigenvalue weighted by Gasteiger charge is -2.34. The fourth-order valence-electron chi connectivity index (χ4n) is 5.21. The van der Waals surface area contributed by atoms with Crippen LogP contribution in [0.4, 0.5) is 0 Å². The monoisotopic (exact) mass is 585 g/mol. The zero-order chi connectivity index (χ0) is 30.2. The van der Waals surface area contributed by atoms with Gasteiger partial charge in [-0.15, -0.1) is 11.3 Å². The number of Topliss-reactive ketones (excluding diaryl/α,β-unsaturated/α-hetero) is 1. The Balaban J connectivity index is 1.58. The largest absolute Gasteiger partial charge is 0.481 e. The number of aromatic nitrogens is 1. The number of thiazole rings is 1. The number of carbonyl (C=O) groups is 4. The molecule has 0 radical (unpaired) electrons. The molecule has 3 atom stereocenters. The molecule has 1 aliphatic rings. The van der Waals surface area contributed by atoms with Crippen LogP contribution < -0.4 is 5.32 Å². The molecule has 0 bridgehead atoms. The molecular weight excluding hydrogens is 542 g/mol. The standard InChI is InChI=1S/C31H43N3O6S/c1-20-28(41-19-33-20)22-13-11-21(12-14-22)17-32-29(39)26-16-24(36)18-34(26)30(40)25(31(2,3)4)15-23(35)9-7-5-6-8-10-27(37)38/h11-14,19,24-26,36H,5-10,15-18H2,1-4H3,(H,32,39)(H,37,38)/t24-,25-,26+/m1/s1. The molecule has 0 unspecified atom stereocenters. The number of unbranched alkanes of at least 4 members (excludes halogenated alkanes) is 3. The van der Waals surface area contributed by atoms with E-state index in [2.05, 4.69) is 10.3 Å². The molecule has 10 heteroatoms. The number of likely N-dealkylation sites (tertiary alicyclic amines) is 1. The Morgan fingerprint density at radius 2 is 1.73 bits per heavy atom. The van der Waals surface area contributed by atoms with E-state index in [4.69, 9.17) is 5.11 Å². The van der Waals surface area contributed by atoms with Gasteiger partial charge in [-0.2, -0.15) is 0 Å². The second-order valence-corrected chi connectivity index (χ2v) is 12.9. The third-order valence-electron chi connectivity index (χ3n) is 7.66. The third-order valence-corrected chi connectivity index (χ3v) is 8.64. The maximum Gasteiger partial charge on any atom is 0.303 e. The third kappa shape index (κ3) is 9.46. The highest BCUT2D eigenvalue weighted by Gasteiger charge is 2.44. The number of hydrogen-bond acceptors (Lipinski definition) is 7. The first kappa shape index (κ1) is 32.4. The van der Waals surface area contributed by atoms with E-state index in [1.807, 2.05) is 57.5 Å². The predicted molar refractivity (Wildman–Crippen MR) is 158 cm³/mol. The average Bonchev–Trinajstić information content (AvgIpc) is 3.52. The van der Waals surface area contributed by atoms with E-state index in [0.29, 0.717) is 25.8 Å². The lowest BCUT2D eigenvalue weighted by atomic mass is 9.76. The Labute approximate surface area is 246 Å². The summed E-state index contributed by atoms with van der Waals surface area (Å²) in [4.78, 5) is 57.3. The normalized spacial score (nSPS) is 17.8. The zero-order valence-corrected chi connectivity index (χ0v) is 25.3. The average molecular weight is 586 g/mol. The van der Waals surface area contributed by atoms with Gasteiger partial charge in [-0.3, -0.25) is 19.2 Å². The van der Waals surface area contributed by atoms with E-state index in [1.54, 1.807) is 11.3 Å². The number of aryl methyl sites for hydroxylation is 1. The molecule has 41 heavy (non-hydrogen) atoms. The van der Waals surface area contributed by atoms with E-state index < -0.39 is 29.4 Å². The quantitative estimate of drug-likeness (QED) is 0.272. The first-order valence-electron chi connectivity index (χ1n) is 14.4. The number of aliphatic carboxylic acids is 1. The smallest absolute Gasteiger partial charge is 0.303 e. The second-order valence-electron chi connectivity index (χ2n) is 12.0. The van der Waals surface area contributed by atoms with Gasteiger partial charge in [0.15, 0.2) is 0 Å². The molecule has 0 spiro atoms. The molecule has 3 rings (SSSR count). The molecule has 2 heterocycles. The SMILES string of the molecule is Cc1ncsc1-c1ccc(CNC(=O)[C@@H]2C[C@@H](O)CN2C(=O)[C@@H](CC(=O)CCCCCCC(=O)O)C(C)(C)C)cc1. The Kier molecular flexibility index (Phi) is 11.6. The van der Waals surface area contributed by atoms with Gasteiger partial charge < -0.3 is 20.4 Å². The summed E-state index contributed by atoms with van der Waals surface area (Å²) in [5, 5.41) is 22.1. The number of benzene rings is 1. The number of hydrogen-bond donors (Lipinski definition) is 3. The molecule has 3 N–H and O–H groups in total. The van der Waals surface area contributed by atoms with Crippen LogP contribution in [-0.2, 0) is 25.7 Å². The van der Waals surface area contributed by atoms with Crippen molar-refractivity contribution in [2.45, 2.75) is 97.8 Å². The van der Waals surface area contributed by atoms with E-state index in [9.17, 15) is 24.3 Å². The molecule has 1 aromatic heterocycles. The molecule has 224 valence electrons. The summed E-state index contributed by atoms with van der Waals surface area (Å²) < 4.78 is 0. The number of nitrogens with one attached hydrogen (secondary N) is 1. The van der Waals surface area contributed by atoms with Gasteiger partial charge in [-0.1, -0.05) is 57.9 Å². The summed E-state index contributed by atoms with van der Waals surface area (Å²) >= 11 is 1.58. The van der Waals surface area contributed by atoms with Crippen molar-refractivity contribution in [2.75, 3.05) is 6.54 Å². The molecule has 1 fully saturated rings.